The van der Waals surface area contributed by atoms with E-state index in [0.29, 0.717) is 48.4 Å². The number of benzene rings is 4. The highest BCUT2D eigenvalue weighted by molar-refractivity contribution is 7.92. The van der Waals surface area contributed by atoms with Crippen LogP contribution in [0, 0.1) is 0 Å². The molecule has 0 saturated carbocycles. The van der Waals surface area contributed by atoms with E-state index in [9.17, 15) is 17.6 Å². The third-order valence-corrected chi connectivity index (χ3v) is 9.26. The predicted molar refractivity (Wildman–Crippen MR) is 185 cm³/mol. The smallest absolute Gasteiger partial charge is 0.251 e. The Kier molecular flexibility index (Phi) is 11.5. The lowest BCUT2D eigenvalue weighted by Gasteiger charge is -2.27. The van der Waals surface area contributed by atoms with Gasteiger partial charge >= 0.3 is 0 Å². The molecule has 4 atom stereocenters. The first-order chi connectivity index (χ1) is 21.4. The molecule has 0 aliphatic rings. The zero-order chi connectivity index (χ0) is 32.6. The Bertz CT molecular complexity index is 1700. The summed E-state index contributed by atoms with van der Waals surface area (Å²) >= 11 is 0. The topological polar surface area (TPSA) is 105 Å². The van der Waals surface area contributed by atoms with Crippen LogP contribution in [-0.2, 0) is 28.7 Å². The first-order valence-corrected chi connectivity index (χ1v) is 17.4. The highest BCUT2D eigenvalue weighted by Crippen LogP contribution is 2.30. The van der Waals surface area contributed by atoms with Gasteiger partial charge in [0, 0.05) is 30.7 Å². The van der Waals surface area contributed by atoms with Gasteiger partial charge in [0.1, 0.15) is 5.67 Å². The number of anilines is 2. The third kappa shape index (κ3) is 9.44. The van der Waals surface area contributed by atoms with Crippen molar-refractivity contribution in [3.63, 3.8) is 0 Å². The number of hydrogen-bond donors (Lipinski definition) is 3. The van der Waals surface area contributed by atoms with E-state index in [2.05, 4.69) is 19.9 Å². The zero-order valence-corrected chi connectivity index (χ0v) is 27.9. The summed E-state index contributed by atoms with van der Waals surface area (Å²) in [5.74, 6) is -0.365. The molecule has 45 heavy (non-hydrogen) atoms. The molecule has 0 bridgehead atoms. The summed E-state index contributed by atoms with van der Waals surface area (Å²) in [4.78, 5) is 13.6. The van der Waals surface area contributed by atoms with Crippen LogP contribution >= 0.6 is 9.24 Å². The van der Waals surface area contributed by atoms with E-state index < -0.39 is 27.8 Å². The van der Waals surface area contributed by atoms with E-state index in [0.717, 1.165) is 22.7 Å². The van der Waals surface area contributed by atoms with Crippen molar-refractivity contribution in [3.05, 3.63) is 125 Å². The number of nitrogens with zero attached hydrogens (tertiary/aromatic N) is 1. The van der Waals surface area contributed by atoms with E-state index in [1.54, 1.807) is 55.5 Å². The Balaban J connectivity index is 1.52. The average Bonchev–Trinajstić information content (AvgIpc) is 3.01. The number of carbonyl (C=O) groups excluding carboxylic acids is 1. The van der Waals surface area contributed by atoms with Crippen molar-refractivity contribution in [2.45, 2.75) is 51.0 Å². The number of alkyl halides is 1. The van der Waals surface area contributed by atoms with E-state index in [-0.39, 0.29) is 5.91 Å². The van der Waals surface area contributed by atoms with Crippen molar-refractivity contribution in [3.8, 4) is 0 Å². The molecule has 4 aromatic carbocycles. The van der Waals surface area contributed by atoms with Gasteiger partial charge in [-0.25, -0.2) is 17.1 Å². The second-order valence-corrected chi connectivity index (χ2v) is 14.0. The fraction of sp³-hybridized carbons (Fsp3) is 0.286. The van der Waals surface area contributed by atoms with E-state index >= 15 is 0 Å². The number of rotatable bonds is 14. The number of amides is 1. The van der Waals surface area contributed by atoms with Gasteiger partial charge in [0.15, 0.2) is 0 Å². The number of sulfonamides is 1. The normalized spacial score (nSPS) is 14.3. The maximum Gasteiger partial charge on any atom is 0.251 e. The zero-order valence-electron chi connectivity index (χ0n) is 25.9. The molecule has 7 nitrogen and oxygen atoms in total. The fourth-order valence-corrected chi connectivity index (χ4v) is 6.40. The van der Waals surface area contributed by atoms with Gasteiger partial charge in [-0.1, -0.05) is 79.7 Å². The first kappa shape index (κ1) is 34.3. The van der Waals surface area contributed by atoms with E-state index in [1.807, 2.05) is 61.5 Å². The minimum Gasteiger partial charge on any atom is -0.347 e. The molecule has 4 unspecified atom stereocenters. The first-order valence-electron chi connectivity index (χ1n) is 14.9. The molecule has 0 saturated heterocycles. The summed E-state index contributed by atoms with van der Waals surface area (Å²) in [6.07, 6.45) is 2.01. The van der Waals surface area contributed by atoms with Crippen LogP contribution in [0.2, 0.25) is 0 Å². The molecule has 0 heterocycles. The molecule has 1 amide bonds. The standard InChI is InChI=1S/C35H42FN4O3PS/c1-4-35(2,36)28-15-8-13-26(19-28)23-38-24-32(37)33(20-25-11-6-5-7-12-25)39-34(41)27-14-9-16-29(21-27)40(45(3,42)43)30-17-10-18-31(44)22-30/h5-19,21-22,32-33,38H,4,20,23-24,37,44H2,1-3H3,(H,39,41). The van der Waals surface area contributed by atoms with E-state index in [1.165, 1.54) is 4.31 Å². The number of carbonyl (C=O) groups is 1. The van der Waals surface area contributed by atoms with Gasteiger partial charge in [0.25, 0.3) is 5.91 Å². The second kappa shape index (κ2) is 15.1. The fourth-order valence-electron chi connectivity index (χ4n) is 5.12. The Morgan fingerprint density at radius 3 is 2.24 bits per heavy atom. The molecule has 0 spiro atoms. The molecule has 0 aromatic heterocycles. The Labute approximate surface area is 268 Å². The van der Waals surface area contributed by atoms with Crippen molar-refractivity contribution in [1.29, 1.82) is 0 Å². The lowest BCUT2D eigenvalue weighted by molar-refractivity contribution is 0.0930. The van der Waals surface area contributed by atoms with Crippen LogP contribution in [0.4, 0.5) is 15.8 Å². The third-order valence-electron chi connectivity index (χ3n) is 7.81. The monoisotopic (exact) mass is 648 g/mol. The predicted octanol–water partition coefficient (Wildman–Crippen LogP) is 5.34. The van der Waals surface area contributed by atoms with Gasteiger partial charge in [-0.05, 0) is 72.1 Å². The number of nitrogens with two attached hydrogens (primary N) is 1. The summed E-state index contributed by atoms with van der Waals surface area (Å²) in [7, 11) is -1.15. The van der Waals surface area contributed by atoms with Crippen LogP contribution in [0.5, 0.6) is 0 Å². The van der Waals surface area contributed by atoms with Crippen molar-refractivity contribution in [2.24, 2.45) is 5.73 Å². The summed E-state index contributed by atoms with van der Waals surface area (Å²) in [5.41, 5.74) is 9.00. The second-order valence-electron chi connectivity index (χ2n) is 11.5. The van der Waals surface area contributed by atoms with Crippen LogP contribution in [0.1, 0.15) is 47.3 Å². The van der Waals surface area contributed by atoms with Crippen molar-refractivity contribution in [1.82, 2.24) is 10.6 Å². The van der Waals surface area contributed by atoms with Gasteiger partial charge in [-0.3, -0.25) is 4.79 Å². The average molecular weight is 649 g/mol. The van der Waals surface area contributed by atoms with Crippen LogP contribution in [0.25, 0.3) is 0 Å². The maximum atomic E-state index is 14.9. The number of nitrogens with one attached hydrogen (secondary N) is 2. The lowest BCUT2D eigenvalue weighted by Crippen LogP contribution is -2.53. The summed E-state index contributed by atoms with van der Waals surface area (Å²) < 4.78 is 41.8. The highest BCUT2D eigenvalue weighted by Gasteiger charge is 2.25. The largest absolute Gasteiger partial charge is 0.347 e. The van der Waals surface area contributed by atoms with Crippen LogP contribution in [0.15, 0.2) is 103 Å². The summed E-state index contributed by atoms with van der Waals surface area (Å²) in [6.45, 7) is 4.30. The van der Waals surface area contributed by atoms with Gasteiger partial charge in [0.2, 0.25) is 10.0 Å². The number of hydrogen-bond acceptors (Lipinski definition) is 5. The molecular weight excluding hydrogens is 606 g/mol. The maximum absolute atomic E-state index is 14.9. The summed E-state index contributed by atoms with van der Waals surface area (Å²) in [5, 5.41) is 7.29. The molecule has 4 aromatic rings. The molecule has 0 aliphatic heterocycles. The summed E-state index contributed by atoms with van der Waals surface area (Å²) in [6, 6.07) is 30.0. The van der Waals surface area contributed by atoms with Crippen molar-refractivity contribution in [2.75, 3.05) is 17.1 Å². The molecular formula is C35H42FN4O3PS. The van der Waals surface area contributed by atoms with Crippen LogP contribution in [-0.4, -0.2) is 39.2 Å². The van der Waals surface area contributed by atoms with E-state index in [4.69, 9.17) is 5.73 Å². The number of halogens is 1. The minimum atomic E-state index is -3.71. The van der Waals surface area contributed by atoms with Crippen molar-refractivity contribution < 1.29 is 17.6 Å². The van der Waals surface area contributed by atoms with Crippen LogP contribution in [0.3, 0.4) is 0 Å². The van der Waals surface area contributed by atoms with Gasteiger partial charge < -0.3 is 16.4 Å². The van der Waals surface area contributed by atoms with Gasteiger partial charge in [0.05, 0.1) is 17.6 Å². The molecule has 4 N–H and O–H groups in total. The quantitative estimate of drug-likeness (QED) is 0.160. The minimum absolute atomic E-state index is 0.309. The molecule has 0 radical (unpaired) electrons. The molecule has 10 heteroatoms. The SMILES string of the molecule is CCC(C)(F)c1cccc(CNCC(N)C(Cc2ccccc2)NC(=O)c2cccc(N(c3cccc(P)c3)S(C)(=O)=O)c2)c1. The van der Waals surface area contributed by atoms with Crippen LogP contribution < -0.4 is 26.0 Å². The Morgan fingerprint density at radius 1 is 0.933 bits per heavy atom. The van der Waals surface area contributed by atoms with Gasteiger partial charge in [-0.2, -0.15) is 0 Å². The molecule has 238 valence electrons. The van der Waals surface area contributed by atoms with Gasteiger partial charge in [-0.15, -0.1) is 9.24 Å². The van der Waals surface area contributed by atoms with Crippen molar-refractivity contribution >= 4 is 41.8 Å². The Hall–Kier alpha value is -3.62. The molecule has 0 aliphatic carbocycles. The Morgan fingerprint density at radius 2 is 1.58 bits per heavy atom. The molecule has 4 rings (SSSR count). The highest BCUT2D eigenvalue weighted by atomic mass is 32.2. The lowest BCUT2D eigenvalue weighted by atomic mass is 9.94. The molecule has 0 fully saturated rings.